The van der Waals surface area contributed by atoms with Crippen LogP contribution in [0, 0.1) is 0 Å². The van der Waals surface area contributed by atoms with Crippen molar-refractivity contribution >= 4 is 39.2 Å². The van der Waals surface area contributed by atoms with E-state index in [0.717, 1.165) is 21.8 Å². The van der Waals surface area contributed by atoms with Gasteiger partial charge in [-0.05, 0) is 24.3 Å². The van der Waals surface area contributed by atoms with Gasteiger partial charge < -0.3 is 0 Å². The van der Waals surface area contributed by atoms with Crippen molar-refractivity contribution in [3.05, 3.63) is 83.1 Å². The van der Waals surface area contributed by atoms with E-state index in [1.54, 1.807) is 36.5 Å². The highest BCUT2D eigenvalue weighted by atomic mass is 35.5. The van der Waals surface area contributed by atoms with Crippen molar-refractivity contribution in [2.45, 2.75) is 0 Å². The molecule has 0 amide bonds. The minimum absolute atomic E-state index is 0.189. The number of carbonyl (C=O) groups is 1. The number of rotatable bonds is 2. The Bertz CT molecular complexity index is 1060. The van der Waals surface area contributed by atoms with Gasteiger partial charge in [-0.2, -0.15) is 0 Å². The standard InChI is InChI=1S/C19H11ClN2O/c20-15-6-2-1-5-14(15)19(23)16-10-9-13-8-7-12-4-3-11-21-17(12)18(13)22-16/h1-11H. The van der Waals surface area contributed by atoms with Gasteiger partial charge in [0.2, 0.25) is 5.78 Å². The van der Waals surface area contributed by atoms with Crippen LogP contribution in [0.25, 0.3) is 21.8 Å². The monoisotopic (exact) mass is 318 g/mol. The second-order valence-corrected chi connectivity index (χ2v) is 5.63. The largest absolute Gasteiger partial charge is 0.287 e. The lowest BCUT2D eigenvalue weighted by Crippen LogP contribution is -2.05. The lowest BCUT2D eigenvalue weighted by atomic mass is 10.1. The second kappa shape index (κ2) is 5.45. The molecule has 0 fully saturated rings. The van der Waals surface area contributed by atoms with E-state index >= 15 is 0 Å². The SMILES string of the molecule is O=C(c1ccc2ccc3cccnc3c2n1)c1ccccc1Cl. The number of carbonyl (C=O) groups excluding carboxylic acids is 1. The fraction of sp³-hybridized carbons (Fsp3) is 0. The van der Waals surface area contributed by atoms with Gasteiger partial charge in [-0.15, -0.1) is 0 Å². The molecule has 0 spiro atoms. The fourth-order valence-electron chi connectivity index (χ4n) is 2.63. The summed E-state index contributed by atoms with van der Waals surface area (Å²) in [5.41, 5.74) is 2.33. The number of benzene rings is 2. The average Bonchev–Trinajstić information content (AvgIpc) is 2.61. The Kier molecular flexibility index (Phi) is 3.28. The topological polar surface area (TPSA) is 42.9 Å². The first-order chi connectivity index (χ1) is 11.2. The number of pyridine rings is 2. The van der Waals surface area contributed by atoms with E-state index in [2.05, 4.69) is 9.97 Å². The number of halogens is 1. The van der Waals surface area contributed by atoms with Crippen molar-refractivity contribution in [1.29, 1.82) is 0 Å². The fourth-order valence-corrected chi connectivity index (χ4v) is 2.86. The van der Waals surface area contributed by atoms with Gasteiger partial charge in [-0.3, -0.25) is 9.78 Å². The number of ketones is 1. The van der Waals surface area contributed by atoms with Crippen molar-refractivity contribution in [3.63, 3.8) is 0 Å². The maximum absolute atomic E-state index is 12.7. The molecule has 0 N–H and O–H groups in total. The van der Waals surface area contributed by atoms with Crippen molar-refractivity contribution in [3.8, 4) is 0 Å². The van der Waals surface area contributed by atoms with Crippen molar-refractivity contribution in [2.75, 3.05) is 0 Å². The van der Waals surface area contributed by atoms with Gasteiger partial charge in [-0.25, -0.2) is 4.98 Å². The first kappa shape index (κ1) is 13.9. The van der Waals surface area contributed by atoms with Crippen molar-refractivity contribution < 1.29 is 4.79 Å². The van der Waals surface area contributed by atoms with E-state index in [-0.39, 0.29) is 5.78 Å². The molecule has 2 aromatic carbocycles. The van der Waals surface area contributed by atoms with E-state index in [1.807, 2.05) is 30.3 Å². The molecule has 3 nitrogen and oxygen atoms in total. The van der Waals surface area contributed by atoms with Crippen molar-refractivity contribution in [2.24, 2.45) is 0 Å². The Balaban J connectivity index is 1.93. The quantitative estimate of drug-likeness (QED) is 0.398. The molecule has 0 saturated carbocycles. The van der Waals surface area contributed by atoms with Gasteiger partial charge in [0.05, 0.1) is 16.1 Å². The molecule has 0 bridgehead atoms. The van der Waals surface area contributed by atoms with Gasteiger partial charge in [0.25, 0.3) is 0 Å². The Morgan fingerprint density at radius 2 is 1.57 bits per heavy atom. The van der Waals surface area contributed by atoms with E-state index < -0.39 is 0 Å². The molecule has 0 aliphatic rings. The van der Waals surface area contributed by atoms with Gasteiger partial charge in [-0.1, -0.05) is 48.0 Å². The molecule has 4 heteroatoms. The maximum Gasteiger partial charge on any atom is 0.212 e. The Morgan fingerprint density at radius 1 is 0.826 bits per heavy atom. The van der Waals surface area contributed by atoms with Gasteiger partial charge in [0, 0.05) is 22.5 Å². The third-order valence-electron chi connectivity index (χ3n) is 3.78. The molecule has 0 radical (unpaired) electrons. The molecule has 110 valence electrons. The van der Waals surface area contributed by atoms with Gasteiger partial charge >= 0.3 is 0 Å². The molecule has 0 saturated heterocycles. The molecule has 2 aromatic heterocycles. The summed E-state index contributed by atoms with van der Waals surface area (Å²) in [6.07, 6.45) is 1.73. The number of aromatic nitrogens is 2. The van der Waals surface area contributed by atoms with Crippen LogP contribution in [-0.2, 0) is 0 Å². The molecule has 4 aromatic rings. The van der Waals surface area contributed by atoms with E-state index in [0.29, 0.717) is 16.3 Å². The lowest BCUT2D eigenvalue weighted by Gasteiger charge is -2.06. The molecular weight excluding hydrogens is 308 g/mol. The molecule has 0 aliphatic heterocycles. The van der Waals surface area contributed by atoms with E-state index in [9.17, 15) is 4.79 Å². The summed E-state index contributed by atoms with van der Waals surface area (Å²) >= 11 is 6.12. The maximum atomic E-state index is 12.7. The van der Waals surface area contributed by atoms with Crippen LogP contribution in [-0.4, -0.2) is 15.8 Å². The van der Waals surface area contributed by atoms with Crippen LogP contribution in [0.2, 0.25) is 5.02 Å². The van der Waals surface area contributed by atoms with Crippen LogP contribution >= 0.6 is 11.6 Å². The third-order valence-corrected chi connectivity index (χ3v) is 4.11. The molecule has 0 atom stereocenters. The zero-order valence-electron chi connectivity index (χ0n) is 12.0. The Hall–Kier alpha value is -2.78. The predicted molar refractivity (Wildman–Crippen MR) is 91.9 cm³/mol. The molecule has 23 heavy (non-hydrogen) atoms. The smallest absolute Gasteiger partial charge is 0.212 e. The van der Waals surface area contributed by atoms with Crippen LogP contribution in [0.5, 0.6) is 0 Å². The summed E-state index contributed by atoms with van der Waals surface area (Å²) in [5, 5.41) is 2.37. The van der Waals surface area contributed by atoms with Crippen LogP contribution in [0.1, 0.15) is 16.1 Å². The predicted octanol–water partition coefficient (Wildman–Crippen LogP) is 4.67. The summed E-state index contributed by atoms with van der Waals surface area (Å²) < 4.78 is 0. The van der Waals surface area contributed by atoms with Gasteiger partial charge in [0.15, 0.2) is 0 Å². The third kappa shape index (κ3) is 2.35. The first-order valence-corrected chi connectivity index (χ1v) is 7.55. The molecule has 0 unspecified atom stereocenters. The summed E-state index contributed by atoms with van der Waals surface area (Å²) in [5.74, 6) is -0.189. The van der Waals surface area contributed by atoms with Crippen molar-refractivity contribution in [1.82, 2.24) is 9.97 Å². The Labute approximate surface area is 137 Å². The first-order valence-electron chi connectivity index (χ1n) is 7.18. The zero-order valence-corrected chi connectivity index (χ0v) is 12.8. The molecular formula is C19H11ClN2O. The molecule has 4 rings (SSSR count). The lowest BCUT2D eigenvalue weighted by molar-refractivity contribution is 0.103. The van der Waals surface area contributed by atoms with Crippen LogP contribution in [0.4, 0.5) is 0 Å². The van der Waals surface area contributed by atoms with Crippen LogP contribution in [0.3, 0.4) is 0 Å². The normalized spacial score (nSPS) is 11.0. The number of hydrogen-bond acceptors (Lipinski definition) is 3. The minimum Gasteiger partial charge on any atom is -0.287 e. The van der Waals surface area contributed by atoms with Crippen LogP contribution < -0.4 is 0 Å². The van der Waals surface area contributed by atoms with Gasteiger partial charge in [0.1, 0.15) is 5.69 Å². The number of fused-ring (bicyclic) bond motifs is 3. The Morgan fingerprint density at radius 3 is 2.39 bits per heavy atom. The summed E-state index contributed by atoms with van der Waals surface area (Å²) in [6.45, 7) is 0. The second-order valence-electron chi connectivity index (χ2n) is 5.22. The number of nitrogens with zero attached hydrogens (tertiary/aromatic N) is 2. The number of hydrogen-bond donors (Lipinski definition) is 0. The molecule has 2 heterocycles. The van der Waals surface area contributed by atoms with E-state index in [1.165, 1.54) is 0 Å². The summed E-state index contributed by atoms with van der Waals surface area (Å²) in [7, 11) is 0. The highest BCUT2D eigenvalue weighted by Gasteiger charge is 2.15. The average molecular weight is 319 g/mol. The minimum atomic E-state index is -0.189. The zero-order chi connectivity index (χ0) is 15.8. The highest BCUT2D eigenvalue weighted by molar-refractivity contribution is 6.34. The van der Waals surface area contributed by atoms with E-state index in [4.69, 9.17) is 11.6 Å². The molecule has 0 aliphatic carbocycles. The van der Waals surface area contributed by atoms with Crippen LogP contribution in [0.15, 0.2) is 66.9 Å². The highest BCUT2D eigenvalue weighted by Crippen LogP contribution is 2.24. The summed E-state index contributed by atoms with van der Waals surface area (Å²) in [6, 6.07) is 18.5. The summed E-state index contributed by atoms with van der Waals surface area (Å²) in [4.78, 5) is 21.6.